The van der Waals surface area contributed by atoms with Crippen molar-refractivity contribution in [3.8, 4) is 0 Å². The van der Waals surface area contributed by atoms with Gasteiger partial charge in [0, 0.05) is 36.8 Å². The van der Waals surface area contributed by atoms with Gasteiger partial charge in [-0.2, -0.15) is 0 Å². The quantitative estimate of drug-likeness (QED) is 0.868. The molecule has 0 radical (unpaired) electrons. The highest BCUT2D eigenvalue weighted by molar-refractivity contribution is 5.81. The predicted octanol–water partition coefficient (Wildman–Crippen LogP) is 2.32. The Kier molecular flexibility index (Phi) is 5.21. The number of likely N-dealkylation sites (tertiary alicyclic amines) is 1. The second kappa shape index (κ2) is 7.36. The molecule has 1 unspecified atom stereocenters. The topological polar surface area (TPSA) is 78.1 Å². The first kappa shape index (κ1) is 17.0. The molecule has 2 amide bonds. The van der Waals surface area contributed by atoms with E-state index in [4.69, 9.17) is 0 Å². The van der Waals surface area contributed by atoms with Crippen molar-refractivity contribution in [3.05, 3.63) is 17.7 Å². The molecule has 0 bridgehead atoms. The van der Waals surface area contributed by atoms with Crippen LogP contribution in [0.5, 0.6) is 0 Å². The first-order valence-electron chi connectivity index (χ1n) is 9.19. The average Bonchev–Trinajstić information content (AvgIpc) is 2.97. The number of carbonyl (C=O) groups excluding carboxylic acids is 2. The molecule has 1 atom stereocenters. The number of hydrogen-bond donors (Lipinski definition) is 2. The smallest absolute Gasteiger partial charge is 0.225 e. The second-order valence-corrected chi connectivity index (χ2v) is 7.15. The normalized spacial score (nSPS) is 20.5. The summed E-state index contributed by atoms with van der Waals surface area (Å²) >= 11 is 0. The largest absolute Gasteiger partial charge is 0.346 e. The summed E-state index contributed by atoms with van der Waals surface area (Å²) in [6, 6.07) is -0.0687. The molecule has 6 nitrogen and oxygen atoms in total. The van der Waals surface area contributed by atoms with Crippen LogP contribution in [-0.2, 0) is 9.59 Å². The number of amides is 2. The summed E-state index contributed by atoms with van der Waals surface area (Å²) in [5.41, 5.74) is 1.00. The van der Waals surface area contributed by atoms with Crippen molar-refractivity contribution in [2.45, 2.75) is 58.4 Å². The maximum Gasteiger partial charge on any atom is 0.225 e. The van der Waals surface area contributed by atoms with E-state index in [0.29, 0.717) is 19.0 Å². The van der Waals surface area contributed by atoms with E-state index >= 15 is 0 Å². The zero-order chi connectivity index (χ0) is 17.1. The van der Waals surface area contributed by atoms with E-state index in [9.17, 15) is 9.59 Å². The lowest BCUT2D eigenvalue weighted by Gasteiger charge is -2.36. The number of nitrogens with one attached hydrogen (secondary N) is 2. The summed E-state index contributed by atoms with van der Waals surface area (Å²) in [4.78, 5) is 34.3. The Hall–Kier alpha value is -1.85. The number of imidazole rings is 1. The SMILES string of the molecule is CCC(NC(=O)C1CCN(C(=O)C2CCC2)CC1)c1ncc(C)[nH]1. The fraction of sp³-hybridized carbons (Fsp3) is 0.722. The molecule has 0 aromatic carbocycles. The van der Waals surface area contributed by atoms with Crippen LogP contribution in [-0.4, -0.2) is 39.8 Å². The summed E-state index contributed by atoms with van der Waals surface area (Å²) in [5.74, 6) is 1.47. The molecule has 2 aliphatic rings. The van der Waals surface area contributed by atoms with Gasteiger partial charge in [-0.15, -0.1) is 0 Å². The lowest BCUT2D eigenvalue weighted by molar-refractivity contribution is -0.141. The minimum atomic E-state index is -0.0687. The van der Waals surface area contributed by atoms with Crippen LogP contribution in [0.1, 0.15) is 63.0 Å². The molecule has 1 aliphatic heterocycles. The first-order valence-corrected chi connectivity index (χ1v) is 9.19. The maximum atomic E-state index is 12.6. The molecule has 1 saturated carbocycles. The zero-order valence-corrected chi connectivity index (χ0v) is 14.7. The monoisotopic (exact) mass is 332 g/mol. The van der Waals surface area contributed by atoms with E-state index in [2.05, 4.69) is 15.3 Å². The highest BCUT2D eigenvalue weighted by Crippen LogP contribution is 2.30. The van der Waals surface area contributed by atoms with Crippen molar-refractivity contribution in [1.82, 2.24) is 20.2 Å². The maximum absolute atomic E-state index is 12.6. The van der Waals surface area contributed by atoms with E-state index in [0.717, 1.165) is 43.6 Å². The molecule has 24 heavy (non-hydrogen) atoms. The third kappa shape index (κ3) is 3.62. The van der Waals surface area contributed by atoms with Crippen molar-refractivity contribution in [2.24, 2.45) is 11.8 Å². The number of rotatable bonds is 5. The zero-order valence-electron chi connectivity index (χ0n) is 14.7. The van der Waals surface area contributed by atoms with Gasteiger partial charge in [-0.1, -0.05) is 13.3 Å². The number of aromatic amines is 1. The van der Waals surface area contributed by atoms with Crippen LogP contribution in [0.2, 0.25) is 0 Å². The first-order chi connectivity index (χ1) is 11.6. The molecule has 132 valence electrons. The van der Waals surface area contributed by atoms with Crippen molar-refractivity contribution in [3.63, 3.8) is 0 Å². The van der Waals surface area contributed by atoms with Crippen molar-refractivity contribution < 1.29 is 9.59 Å². The molecular formula is C18H28N4O2. The van der Waals surface area contributed by atoms with Gasteiger partial charge in [0.05, 0.1) is 6.04 Å². The predicted molar refractivity (Wildman–Crippen MR) is 91.1 cm³/mol. The van der Waals surface area contributed by atoms with Crippen LogP contribution >= 0.6 is 0 Å². The molecule has 2 fully saturated rings. The van der Waals surface area contributed by atoms with Crippen LogP contribution in [0.4, 0.5) is 0 Å². The summed E-state index contributed by atoms with van der Waals surface area (Å²) in [5, 5.41) is 3.12. The van der Waals surface area contributed by atoms with Crippen molar-refractivity contribution >= 4 is 11.8 Å². The molecule has 1 aromatic rings. The van der Waals surface area contributed by atoms with E-state index in [-0.39, 0.29) is 23.8 Å². The van der Waals surface area contributed by atoms with Gasteiger partial charge >= 0.3 is 0 Å². The lowest BCUT2D eigenvalue weighted by atomic mass is 9.83. The van der Waals surface area contributed by atoms with Crippen molar-refractivity contribution in [1.29, 1.82) is 0 Å². The van der Waals surface area contributed by atoms with Crippen LogP contribution in [0.25, 0.3) is 0 Å². The van der Waals surface area contributed by atoms with Gasteiger partial charge in [0.15, 0.2) is 0 Å². The molecule has 3 rings (SSSR count). The third-order valence-electron chi connectivity index (χ3n) is 5.41. The minimum absolute atomic E-state index is 0.000509. The van der Waals surface area contributed by atoms with Gasteiger partial charge < -0.3 is 15.2 Å². The highest BCUT2D eigenvalue weighted by atomic mass is 16.2. The number of aromatic nitrogens is 2. The van der Waals surface area contributed by atoms with E-state index in [1.54, 1.807) is 6.20 Å². The van der Waals surface area contributed by atoms with E-state index in [1.807, 2.05) is 18.7 Å². The van der Waals surface area contributed by atoms with Gasteiger partial charge in [-0.05, 0) is 39.0 Å². The van der Waals surface area contributed by atoms with E-state index < -0.39 is 0 Å². The highest BCUT2D eigenvalue weighted by Gasteiger charge is 2.33. The molecule has 2 heterocycles. The molecule has 2 N–H and O–H groups in total. The number of nitrogens with zero attached hydrogens (tertiary/aromatic N) is 2. The fourth-order valence-electron chi connectivity index (χ4n) is 3.54. The molecule has 1 aliphatic carbocycles. The number of carbonyl (C=O) groups is 2. The number of piperidine rings is 1. The van der Waals surface area contributed by atoms with Crippen LogP contribution in [0.15, 0.2) is 6.20 Å². The van der Waals surface area contributed by atoms with Gasteiger partial charge in [0.1, 0.15) is 5.82 Å². The Morgan fingerprint density at radius 2 is 2.00 bits per heavy atom. The Morgan fingerprint density at radius 1 is 1.29 bits per heavy atom. The molecule has 1 saturated heterocycles. The van der Waals surface area contributed by atoms with Crippen molar-refractivity contribution in [2.75, 3.05) is 13.1 Å². The summed E-state index contributed by atoms with van der Waals surface area (Å²) in [6.45, 7) is 5.43. The molecule has 0 spiro atoms. The lowest BCUT2D eigenvalue weighted by Crippen LogP contribution is -2.46. The molecular weight excluding hydrogens is 304 g/mol. The van der Waals surface area contributed by atoms with Gasteiger partial charge in [-0.25, -0.2) is 4.98 Å². The Balaban J connectivity index is 1.50. The second-order valence-electron chi connectivity index (χ2n) is 7.15. The molecule has 6 heteroatoms. The summed E-state index contributed by atoms with van der Waals surface area (Å²) in [6.07, 6.45) is 7.38. The van der Waals surface area contributed by atoms with Crippen LogP contribution in [0.3, 0.4) is 0 Å². The van der Waals surface area contributed by atoms with E-state index in [1.165, 1.54) is 6.42 Å². The number of H-pyrrole nitrogens is 1. The number of aryl methyl sites for hydroxylation is 1. The number of hydrogen-bond acceptors (Lipinski definition) is 3. The van der Waals surface area contributed by atoms with Gasteiger partial charge in [-0.3, -0.25) is 9.59 Å². The fourth-order valence-corrected chi connectivity index (χ4v) is 3.54. The standard InChI is InChI=1S/C18H28N4O2/c1-3-15(16-19-11-12(2)20-16)21-17(23)13-7-9-22(10-8-13)18(24)14-5-4-6-14/h11,13-15H,3-10H2,1-2H3,(H,19,20)(H,21,23). The minimum Gasteiger partial charge on any atom is -0.346 e. The molecule has 1 aromatic heterocycles. The summed E-state index contributed by atoms with van der Waals surface area (Å²) < 4.78 is 0. The Labute approximate surface area is 143 Å². The van der Waals surface area contributed by atoms with Crippen LogP contribution < -0.4 is 5.32 Å². The van der Waals surface area contributed by atoms with Gasteiger partial charge in [0.2, 0.25) is 11.8 Å². The average molecular weight is 332 g/mol. The Morgan fingerprint density at radius 3 is 2.50 bits per heavy atom. The van der Waals surface area contributed by atoms with Gasteiger partial charge in [0.25, 0.3) is 0 Å². The Bertz CT molecular complexity index is 586. The summed E-state index contributed by atoms with van der Waals surface area (Å²) in [7, 11) is 0. The van der Waals surface area contributed by atoms with Crippen LogP contribution in [0, 0.1) is 18.8 Å². The third-order valence-corrected chi connectivity index (χ3v) is 5.41.